The van der Waals surface area contributed by atoms with E-state index in [1.807, 2.05) is 37.3 Å². The molecule has 6 nitrogen and oxygen atoms in total. The Bertz CT molecular complexity index is 1370. The molecule has 35 heavy (non-hydrogen) atoms. The minimum atomic E-state index is -4.42. The highest BCUT2D eigenvalue weighted by Crippen LogP contribution is 2.41. The van der Waals surface area contributed by atoms with Crippen LogP contribution < -0.4 is 10.1 Å². The molecular formula is C26H24F3N5O. The number of fused-ring (bicyclic) bond motifs is 1. The smallest absolute Gasteiger partial charge is 0.416 e. The van der Waals surface area contributed by atoms with Crippen molar-refractivity contribution in [1.29, 1.82) is 0 Å². The minimum absolute atomic E-state index is 0.235. The Balaban J connectivity index is 1.45. The zero-order valence-electron chi connectivity index (χ0n) is 19.3. The third-order valence-corrected chi connectivity index (χ3v) is 6.18. The second-order valence-corrected chi connectivity index (χ2v) is 8.52. The second kappa shape index (κ2) is 9.05. The van der Waals surface area contributed by atoms with Gasteiger partial charge in [-0.1, -0.05) is 18.2 Å². The van der Waals surface area contributed by atoms with Crippen LogP contribution in [-0.4, -0.2) is 26.9 Å². The number of anilines is 2. The lowest BCUT2D eigenvalue weighted by atomic mass is 9.88. The standard InChI is InChI=1S/C26H24F3N5O/c1-16-14-17(11-12-30-16)19-10-9-18(15-23(19)35-2)31-25-32-24-21(7-5-13-34(24)33-25)20-6-3-4-8-22(20)26(27,28)29/h3-4,6,8-12,14-15,21H,5,7,13H2,1-2H3,(H,31,33). The molecule has 1 unspecified atom stereocenters. The molecule has 9 heteroatoms. The molecule has 0 aliphatic carbocycles. The molecule has 0 bridgehead atoms. The molecule has 1 aliphatic rings. The van der Waals surface area contributed by atoms with E-state index in [-0.39, 0.29) is 5.56 Å². The van der Waals surface area contributed by atoms with Gasteiger partial charge in [0.15, 0.2) is 0 Å². The van der Waals surface area contributed by atoms with Crippen LogP contribution in [0.5, 0.6) is 5.75 Å². The quantitative estimate of drug-likeness (QED) is 0.362. The number of benzene rings is 2. The van der Waals surface area contributed by atoms with Crippen LogP contribution in [0.4, 0.5) is 24.8 Å². The van der Waals surface area contributed by atoms with Gasteiger partial charge in [0.05, 0.1) is 12.7 Å². The van der Waals surface area contributed by atoms with E-state index in [1.54, 1.807) is 24.1 Å². The molecule has 0 amide bonds. The largest absolute Gasteiger partial charge is 0.496 e. The summed E-state index contributed by atoms with van der Waals surface area (Å²) in [6.45, 7) is 2.54. The van der Waals surface area contributed by atoms with Crippen molar-refractivity contribution in [1.82, 2.24) is 19.7 Å². The van der Waals surface area contributed by atoms with E-state index in [1.165, 1.54) is 12.1 Å². The van der Waals surface area contributed by atoms with E-state index in [0.717, 1.165) is 29.3 Å². The van der Waals surface area contributed by atoms with Gasteiger partial charge in [-0.2, -0.15) is 18.2 Å². The summed E-state index contributed by atoms with van der Waals surface area (Å²) >= 11 is 0. The first-order chi connectivity index (χ1) is 16.8. The Labute approximate surface area is 200 Å². The molecule has 1 aliphatic heterocycles. The van der Waals surface area contributed by atoms with Crippen molar-refractivity contribution in [3.8, 4) is 16.9 Å². The summed E-state index contributed by atoms with van der Waals surface area (Å²) in [4.78, 5) is 8.84. The lowest BCUT2D eigenvalue weighted by Crippen LogP contribution is -2.21. The summed E-state index contributed by atoms with van der Waals surface area (Å²) in [7, 11) is 1.60. The maximum atomic E-state index is 13.7. The predicted octanol–water partition coefficient (Wildman–Crippen LogP) is 6.35. The monoisotopic (exact) mass is 479 g/mol. The highest BCUT2D eigenvalue weighted by Gasteiger charge is 2.37. The molecular weight excluding hydrogens is 455 g/mol. The van der Waals surface area contributed by atoms with E-state index in [9.17, 15) is 13.2 Å². The van der Waals surface area contributed by atoms with Crippen molar-refractivity contribution in [3.05, 3.63) is 83.4 Å². The fourth-order valence-electron chi connectivity index (χ4n) is 4.61. The Morgan fingerprint density at radius 2 is 1.91 bits per heavy atom. The Hall–Kier alpha value is -3.88. The number of rotatable bonds is 5. The van der Waals surface area contributed by atoms with Crippen molar-refractivity contribution < 1.29 is 17.9 Å². The number of aryl methyl sites for hydroxylation is 2. The summed E-state index contributed by atoms with van der Waals surface area (Å²) in [6.07, 6.45) is -1.37. The van der Waals surface area contributed by atoms with Crippen molar-refractivity contribution in [3.63, 3.8) is 0 Å². The molecule has 3 heterocycles. The lowest BCUT2D eigenvalue weighted by molar-refractivity contribution is -0.138. The molecule has 0 radical (unpaired) electrons. The number of nitrogens with zero attached hydrogens (tertiary/aromatic N) is 4. The molecule has 180 valence electrons. The highest BCUT2D eigenvalue weighted by molar-refractivity contribution is 5.74. The van der Waals surface area contributed by atoms with Gasteiger partial charge in [0.25, 0.3) is 0 Å². The van der Waals surface area contributed by atoms with Gasteiger partial charge in [-0.25, -0.2) is 4.68 Å². The molecule has 0 fully saturated rings. The number of hydrogen-bond acceptors (Lipinski definition) is 5. The summed E-state index contributed by atoms with van der Waals surface area (Å²) in [5.41, 5.74) is 3.14. The van der Waals surface area contributed by atoms with Gasteiger partial charge in [0, 0.05) is 41.7 Å². The molecule has 0 spiro atoms. The summed E-state index contributed by atoms with van der Waals surface area (Å²) in [5.74, 6) is 1.07. The average molecular weight is 480 g/mol. The van der Waals surface area contributed by atoms with Crippen molar-refractivity contribution >= 4 is 11.6 Å². The normalized spacial score (nSPS) is 15.5. The fourth-order valence-corrected chi connectivity index (χ4v) is 4.61. The number of hydrogen-bond donors (Lipinski definition) is 1. The number of ether oxygens (including phenoxy) is 1. The fraction of sp³-hybridized carbons (Fsp3) is 0.269. The van der Waals surface area contributed by atoms with Crippen molar-refractivity contribution in [2.24, 2.45) is 0 Å². The Morgan fingerprint density at radius 3 is 2.69 bits per heavy atom. The predicted molar refractivity (Wildman–Crippen MR) is 127 cm³/mol. The van der Waals surface area contributed by atoms with Gasteiger partial charge in [0.2, 0.25) is 5.95 Å². The molecule has 4 aromatic rings. The average Bonchev–Trinajstić information content (AvgIpc) is 3.26. The SMILES string of the molecule is COc1cc(Nc2nc3n(n2)CCCC3c2ccccc2C(F)(F)F)ccc1-c1ccnc(C)c1. The van der Waals surface area contributed by atoms with Crippen LogP contribution in [0.3, 0.4) is 0 Å². The van der Waals surface area contributed by atoms with Gasteiger partial charge in [0.1, 0.15) is 11.6 Å². The maximum absolute atomic E-state index is 13.7. The van der Waals surface area contributed by atoms with Gasteiger partial charge in [-0.3, -0.25) is 4.98 Å². The summed E-state index contributed by atoms with van der Waals surface area (Å²) < 4.78 is 48.3. The van der Waals surface area contributed by atoms with Crippen LogP contribution in [0.15, 0.2) is 60.8 Å². The zero-order chi connectivity index (χ0) is 24.6. The minimum Gasteiger partial charge on any atom is -0.496 e. The molecule has 2 aromatic heterocycles. The van der Waals surface area contributed by atoms with Gasteiger partial charge >= 0.3 is 6.18 Å². The number of aromatic nitrogens is 4. The Morgan fingerprint density at radius 1 is 1.09 bits per heavy atom. The number of alkyl halides is 3. The number of pyridine rings is 1. The third kappa shape index (κ3) is 4.58. The van der Waals surface area contributed by atoms with E-state index < -0.39 is 17.7 Å². The number of halogens is 3. The van der Waals surface area contributed by atoms with Crippen LogP contribution in [0.2, 0.25) is 0 Å². The van der Waals surface area contributed by atoms with Gasteiger partial charge in [-0.05, 0) is 61.2 Å². The molecule has 0 saturated carbocycles. The second-order valence-electron chi connectivity index (χ2n) is 8.52. The first kappa shape index (κ1) is 22.9. The molecule has 1 atom stereocenters. The van der Waals surface area contributed by atoms with E-state index in [0.29, 0.717) is 36.2 Å². The van der Waals surface area contributed by atoms with Crippen LogP contribution in [0, 0.1) is 6.92 Å². The number of nitrogens with one attached hydrogen (secondary N) is 1. The van der Waals surface area contributed by atoms with E-state index >= 15 is 0 Å². The van der Waals surface area contributed by atoms with E-state index in [4.69, 9.17) is 4.74 Å². The summed E-state index contributed by atoms with van der Waals surface area (Å²) in [5, 5.41) is 7.71. The number of methoxy groups -OCH3 is 1. The molecule has 1 N–H and O–H groups in total. The molecule has 2 aromatic carbocycles. The highest BCUT2D eigenvalue weighted by atomic mass is 19.4. The van der Waals surface area contributed by atoms with Crippen LogP contribution in [-0.2, 0) is 12.7 Å². The molecule has 5 rings (SSSR count). The van der Waals surface area contributed by atoms with Crippen LogP contribution in [0.1, 0.15) is 41.4 Å². The third-order valence-electron chi connectivity index (χ3n) is 6.18. The summed E-state index contributed by atoms with van der Waals surface area (Å²) in [6, 6.07) is 15.3. The van der Waals surface area contributed by atoms with Crippen LogP contribution >= 0.6 is 0 Å². The first-order valence-electron chi connectivity index (χ1n) is 11.3. The molecule has 0 saturated heterocycles. The maximum Gasteiger partial charge on any atom is 0.416 e. The lowest BCUT2D eigenvalue weighted by Gasteiger charge is -2.25. The van der Waals surface area contributed by atoms with Crippen molar-refractivity contribution in [2.75, 3.05) is 12.4 Å². The first-order valence-corrected chi connectivity index (χ1v) is 11.3. The zero-order valence-corrected chi connectivity index (χ0v) is 19.3. The van der Waals surface area contributed by atoms with Crippen molar-refractivity contribution in [2.45, 2.75) is 38.4 Å². The Kier molecular flexibility index (Phi) is 5.92. The van der Waals surface area contributed by atoms with Gasteiger partial charge in [-0.15, -0.1) is 5.10 Å². The topological polar surface area (TPSA) is 64.9 Å². The van der Waals surface area contributed by atoms with E-state index in [2.05, 4.69) is 20.4 Å². The van der Waals surface area contributed by atoms with Gasteiger partial charge < -0.3 is 10.1 Å². The van der Waals surface area contributed by atoms with Crippen LogP contribution in [0.25, 0.3) is 11.1 Å².